The highest BCUT2D eigenvalue weighted by Crippen LogP contribution is 2.48. The van der Waals surface area contributed by atoms with Crippen molar-refractivity contribution in [3.8, 4) is 0 Å². The second-order valence-electron chi connectivity index (χ2n) is 4.19. The molecular weight excluding hydrogens is 196 g/mol. The van der Waals surface area contributed by atoms with Crippen LogP contribution in [0, 0.1) is 5.41 Å². The summed E-state index contributed by atoms with van der Waals surface area (Å²) in [6.45, 7) is 5.56. The van der Waals surface area contributed by atoms with Crippen molar-refractivity contribution in [2.45, 2.75) is 19.8 Å². The van der Waals surface area contributed by atoms with Crippen LogP contribution >= 0.6 is 0 Å². The second-order valence-corrected chi connectivity index (χ2v) is 4.19. The van der Waals surface area contributed by atoms with Gasteiger partial charge in [0.25, 0.3) is 0 Å². The van der Waals surface area contributed by atoms with Crippen molar-refractivity contribution in [3.05, 3.63) is 12.2 Å². The minimum atomic E-state index is -0.941. The molecule has 4 amide bonds. The van der Waals surface area contributed by atoms with Gasteiger partial charge in [-0.3, -0.25) is 19.8 Å². The van der Waals surface area contributed by atoms with Crippen LogP contribution in [0.5, 0.6) is 0 Å². The summed E-state index contributed by atoms with van der Waals surface area (Å²) in [5, 5.41) is 2.20. The normalized spacial score (nSPS) is 23.0. The average Bonchev–Trinajstić information content (AvgIpc) is 2.91. The molecule has 1 aliphatic carbocycles. The molecule has 0 aromatic carbocycles. The van der Waals surface area contributed by atoms with Crippen LogP contribution in [-0.2, 0) is 9.59 Å². The Morgan fingerprint density at radius 2 is 2.07 bits per heavy atom. The number of hydrogen-bond donors (Lipinski definition) is 1. The van der Waals surface area contributed by atoms with E-state index in [9.17, 15) is 14.4 Å². The van der Waals surface area contributed by atoms with Crippen molar-refractivity contribution in [1.82, 2.24) is 10.2 Å². The fourth-order valence-electron chi connectivity index (χ4n) is 1.71. The molecule has 15 heavy (non-hydrogen) atoms. The molecule has 0 radical (unpaired) electrons. The molecule has 0 bridgehead atoms. The van der Waals surface area contributed by atoms with Gasteiger partial charge in [0.1, 0.15) is 5.41 Å². The summed E-state index contributed by atoms with van der Waals surface area (Å²) >= 11 is 0. The molecule has 0 unspecified atom stereocenters. The van der Waals surface area contributed by atoms with E-state index in [1.165, 1.54) is 0 Å². The zero-order valence-corrected chi connectivity index (χ0v) is 8.50. The Balaban J connectivity index is 2.24. The number of rotatable bonds is 2. The maximum atomic E-state index is 11.9. The van der Waals surface area contributed by atoms with Crippen LogP contribution in [0.1, 0.15) is 19.8 Å². The predicted molar refractivity (Wildman–Crippen MR) is 51.7 cm³/mol. The fraction of sp³-hybridized carbons (Fsp3) is 0.500. The highest BCUT2D eigenvalue weighted by molar-refractivity contribution is 6.20. The molecular formula is C10H12N2O3. The lowest BCUT2D eigenvalue weighted by atomic mass is 10.0. The van der Waals surface area contributed by atoms with E-state index in [0.717, 1.165) is 4.90 Å². The summed E-state index contributed by atoms with van der Waals surface area (Å²) in [7, 11) is 0. The molecule has 2 aliphatic rings. The summed E-state index contributed by atoms with van der Waals surface area (Å²) in [4.78, 5) is 35.8. The third kappa shape index (κ3) is 1.35. The van der Waals surface area contributed by atoms with Gasteiger partial charge in [0.05, 0.1) is 6.54 Å². The van der Waals surface area contributed by atoms with Gasteiger partial charge in [0.2, 0.25) is 11.8 Å². The van der Waals surface area contributed by atoms with Crippen LogP contribution in [-0.4, -0.2) is 29.3 Å². The number of nitrogens with zero attached hydrogens (tertiary/aromatic N) is 1. The molecule has 5 heteroatoms. The van der Waals surface area contributed by atoms with E-state index in [1.54, 1.807) is 6.92 Å². The molecule has 1 N–H and O–H groups in total. The van der Waals surface area contributed by atoms with E-state index in [0.29, 0.717) is 18.4 Å². The van der Waals surface area contributed by atoms with Gasteiger partial charge in [-0.2, -0.15) is 0 Å². The Labute approximate surface area is 87.1 Å². The van der Waals surface area contributed by atoms with Crippen LogP contribution < -0.4 is 5.32 Å². The Morgan fingerprint density at radius 3 is 2.53 bits per heavy atom. The topological polar surface area (TPSA) is 66.5 Å². The first-order valence-corrected chi connectivity index (χ1v) is 4.79. The average molecular weight is 208 g/mol. The Kier molecular flexibility index (Phi) is 1.92. The monoisotopic (exact) mass is 208 g/mol. The van der Waals surface area contributed by atoms with E-state index in [4.69, 9.17) is 0 Å². The number of barbiturate groups is 1. The number of amides is 4. The van der Waals surface area contributed by atoms with Gasteiger partial charge < -0.3 is 0 Å². The third-order valence-corrected chi connectivity index (χ3v) is 2.73. The van der Waals surface area contributed by atoms with Crippen molar-refractivity contribution >= 4 is 17.8 Å². The Bertz CT molecular complexity index is 382. The van der Waals surface area contributed by atoms with Crippen LogP contribution in [0.2, 0.25) is 0 Å². The maximum absolute atomic E-state index is 11.9. The van der Waals surface area contributed by atoms with Crippen molar-refractivity contribution in [2.75, 3.05) is 6.54 Å². The molecule has 2 rings (SSSR count). The van der Waals surface area contributed by atoms with Gasteiger partial charge in [-0.25, -0.2) is 4.79 Å². The number of nitrogens with one attached hydrogen (secondary N) is 1. The minimum absolute atomic E-state index is 0.180. The molecule has 1 saturated carbocycles. The summed E-state index contributed by atoms with van der Waals surface area (Å²) < 4.78 is 0. The Morgan fingerprint density at radius 1 is 1.47 bits per heavy atom. The minimum Gasteiger partial charge on any atom is -0.277 e. The molecule has 0 aromatic heterocycles. The van der Waals surface area contributed by atoms with E-state index >= 15 is 0 Å². The smallest absolute Gasteiger partial charge is 0.277 e. The number of imide groups is 2. The van der Waals surface area contributed by atoms with Crippen molar-refractivity contribution in [3.63, 3.8) is 0 Å². The van der Waals surface area contributed by atoms with Gasteiger partial charge in [0, 0.05) is 0 Å². The molecule has 1 aliphatic heterocycles. The lowest BCUT2D eigenvalue weighted by Crippen LogP contribution is -2.59. The molecule has 1 heterocycles. The molecule has 1 saturated heterocycles. The van der Waals surface area contributed by atoms with Crippen LogP contribution in [0.15, 0.2) is 12.2 Å². The summed E-state index contributed by atoms with van der Waals surface area (Å²) in [6, 6.07) is -0.634. The standard InChI is InChI=1S/C10H12N2O3/c1-6(2)5-12-8(14)10(3-4-10)7(13)11-9(12)15/h1,3-5H2,2H3,(H,11,13,15). The van der Waals surface area contributed by atoms with Crippen LogP contribution in [0.25, 0.3) is 0 Å². The highest BCUT2D eigenvalue weighted by Gasteiger charge is 2.62. The number of carbonyl (C=O) groups excluding carboxylic acids is 3. The number of carbonyl (C=O) groups is 3. The SMILES string of the molecule is C=C(C)CN1C(=O)NC(=O)C2(CC2)C1=O. The van der Waals surface area contributed by atoms with Gasteiger partial charge >= 0.3 is 6.03 Å². The molecule has 1 spiro atoms. The first-order valence-electron chi connectivity index (χ1n) is 4.79. The van der Waals surface area contributed by atoms with E-state index in [1.807, 2.05) is 0 Å². The molecule has 0 aromatic rings. The quantitative estimate of drug-likeness (QED) is 0.528. The van der Waals surface area contributed by atoms with Crippen LogP contribution in [0.4, 0.5) is 4.79 Å². The second kappa shape index (κ2) is 2.92. The molecule has 5 nitrogen and oxygen atoms in total. The fourth-order valence-corrected chi connectivity index (χ4v) is 1.71. The van der Waals surface area contributed by atoms with Crippen molar-refractivity contribution in [2.24, 2.45) is 5.41 Å². The van der Waals surface area contributed by atoms with Gasteiger partial charge in [0.15, 0.2) is 0 Å². The Hall–Kier alpha value is -1.65. The largest absolute Gasteiger partial charge is 0.331 e. The molecule has 0 atom stereocenters. The van der Waals surface area contributed by atoms with Gasteiger partial charge in [-0.1, -0.05) is 12.2 Å². The molecule has 80 valence electrons. The first-order chi connectivity index (χ1) is 6.97. The van der Waals surface area contributed by atoms with E-state index < -0.39 is 17.4 Å². The van der Waals surface area contributed by atoms with Crippen molar-refractivity contribution in [1.29, 1.82) is 0 Å². The number of hydrogen-bond acceptors (Lipinski definition) is 3. The van der Waals surface area contributed by atoms with Crippen LogP contribution in [0.3, 0.4) is 0 Å². The maximum Gasteiger partial charge on any atom is 0.331 e. The zero-order chi connectivity index (χ0) is 11.2. The molecule has 2 fully saturated rings. The van der Waals surface area contributed by atoms with E-state index in [2.05, 4.69) is 11.9 Å². The first kappa shape index (κ1) is 9.89. The summed E-state index contributed by atoms with van der Waals surface area (Å²) in [6.07, 6.45) is 1.08. The summed E-state index contributed by atoms with van der Waals surface area (Å²) in [5.74, 6) is -0.824. The van der Waals surface area contributed by atoms with Crippen molar-refractivity contribution < 1.29 is 14.4 Å². The third-order valence-electron chi connectivity index (χ3n) is 2.73. The lowest BCUT2D eigenvalue weighted by molar-refractivity contribution is -0.144. The van der Waals surface area contributed by atoms with Gasteiger partial charge in [-0.05, 0) is 19.8 Å². The lowest BCUT2D eigenvalue weighted by Gasteiger charge is -2.30. The predicted octanol–water partition coefficient (Wildman–Crippen LogP) is 0.421. The number of urea groups is 1. The van der Waals surface area contributed by atoms with Gasteiger partial charge in [-0.15, -0.1) is 0 Å². The zero-order valence-electron chi connectivity index (χ0n) is 8.50. The highest BCUT2D eigenvalue weighted by atomic mass is 16.2. The van der Waals surface area contributed by atoms with E-state index in [-0.39, 0.29) is 12.5 Å². The summed E-state index contributed by atoms with van der Waals surface area (Å²) in [5.41, 5.74) is -0.229.